The number of primary sulfonamides is 2. The summed E-state index contributed by atoms with van der Waals surface area (Å²) in [4.78, 5) is 49.0. The Kier molecular flexibility index (Phi) is 23.2. The summed E-state index contributed by atoms with van der Waals surface area (Å²) < 4.78 is 73.6. The van der Waals surface area contributed by atoms with Crippen molar-refractivity contribution in [2.75, 3.05) is 21.3 Å². The average Bonchev–Trinajstić information content (AvgIpc) is 1.63. The number of thiophene rings is 5. The molecule has 13 aromatic rings. The topological polar surface area (TPSA) is 510 Å². The van der Waals surface area contributed by atoms with Crippen LogP contribution in [0.15, 0.2) is 140 Å². The number of hydrogen-bond donors (Lipinski definition) is 14. The number of carboxylic acid groups (broad SMARTS) is 1. The summed E-state index contributed by atoms with van der Waals surface area (Å²) in [5, 5.41) is 81.3. The van der Waals surface area contributed by atoms with Crippen LogP contribution in [0.1, 0.15) is 94.8 Å². The standard InChI is InChI=1S/C20H24N6O3S2.C16H14ClN5O3S.C15H11ClN6O2S3.C11H9ClN6O2S2.6H2/c1-20(2,3)26-31(28,29)17-7-6-15(30-17)19-21-11-13(8-9-27)18(23-19)22-16-10-14(24-25-16)12-4-5-12;17-8-6-18-15(11-4-3-10(26-11)13(23)16(24)25)20-14(8)19-12-5-9(21-22-12)7-1-2-7;16-8-7-18-15(11-3-4-13(26-11)27(17,23)24)20-14(8)19-12-6-9(21-22-12)10-2-1-5-25-10;12-6-5-14-11(7-1-2-9(21-7)22(13,19)20)17-10(6)16-8-3-4-15-18-8;;;;;;/h6-12,26-27H,4-5H2,1-3H3,(H2,21,22,23,24,25);3-7,13,23H,1-2H2,(H,24,25)(H2,18,19,20,21,22);1-7H,(H2,17,23,24)(H2,18,19,20,21,22);1-5H,(H2,13,19,20)(H2,14,15,16,17,18);6*1H/b9-8+;;;;;;;;;. The van der Waals surface area contributed by atoms with E-state index in [0.29, 0.717) is 127 Å². The number of H-pyrrole nitrogens is 4. The highest BCUT2D eigenvalue weighted by atomic mass is 35.5. The number of anilines is 8. The van der Waals surface area contributed by atoms with Gasteiger partial charge in [-0.1, -0.05) is 40.9 Å². The third-order valence-corrected chi connectivity index (χ3v) is 25.6. The zero-order valence-electron chi connectivity index (χ0n) is 54.9. The van der Waals surface area contributed by atoms with Crippen LogP contribution in [0.2, 0.25) is 15.1 Å². The second-order valence-electron chi connectivity index (χ2n) is 23.8. The van der Waals surface area contributed by atoms with E-state index in [-0.39, 0.29) is 21.2 Å². The van der Waals surface area contributed by atoms with Gasteiger partial charge in [-0.15, -0.1) is 56.7 Å². The van der Waals surface area contributed by atoms with Crippen LogP contribution < -0.4 is 36.3 Å². The van der Waals surface area contributed by atoms with Crippen molar-refractivity contribution in [2.45, 2.75) is 82.6 Å². The molecule has 0 aliphatic heterocycles. The third-order valence-electron chi connectivity index (χ3n) is 14.4. The van der Waals surface area contributed by atoms with Crippen molar-refractivity contribution in [2.24, 2.45) is 10.3 Å². The van der Waals surface area contributed by atoms with Crippen LogP contribution in [0.25, 0.3) is 59.5 Å². The number of aliphatic carboxylic acids is 1. The highest BCUT2D eigenvalue weighted by Gasteiger charge is 2.29. The van der Waals surface area contributed by atoms with Gasteiger partial charge in [0.1, 0.15) is 39.3 Å². The summed E-state index contributed by atoms with van der Waals surface area (Å²) >= 11 is 24.2. The predicted octanol–water partition coefficient (Wildman–Crippen LogP) is 14.6. The lowest BCUT2D eigenvalue weighted by molar-refractivity contribution is -0.146. The van der Waals surface area contributed by atoms with Crippen molar-refractivity contribution in [1.29, 1.82) is 0 Å². The van der Waals surface area contributed by atoms with Crippen molar-refractivity contribution in [3.05, 3.63) is 164 Å². The zero-order valence-corrected chi connectivity index (χ0v) is 63.7. The molecule has 0 saturated heterocycles. The minimum absolute atomic E-state index is 0. The van der Waals surface area contributed by atoms with E-state index in [2.05, 4.69) is 107 Å². The molecule has 13 aromatic heterocycles. The van der Waals surface area contributed by atoms with Gasteiger partial charge in [-0.05, 0) is 113 Å². The molecule has 33 nitrogen and oxygen atoms in total. The van der Waals surface area contributed by atoms with E-state index in [4.69, 9.17) is 50.2 Å². The number of sulfonamides is 3. The third kappa shape index (κ3) is 19.7. The molecule has 15 rings (SSSR count). The summed E-state index contributed by atoms with van der Waals surface area (Å²) in [6.45, 7) is 5.37. The minimum atomic E-state index is -3.77. The van der Waals surface area contributed by atoms with E-state index in [9.17, 15) is 40.3 Å². The number of nitrogens with two attached hydrogens (primary N) is 2. The molecular weight excluding hydrogens is 1590 g/mol. The Balaban J connectivity index is 0.000000230. The molecule has 2 saturated carbocycles. The van der Waals surface area contributed by atoms with Gasteiger partial charge < -0.3 is 36.6 Å². The number of rotatable bonds is 22. The number of aromatic nitrogens is 16. The number of carbonyl (C=O) groups is 1. The van der Waals surface area contributed by atoms with Gasteiger partial charge >= 0.3 is 5.97 Å². The van der Waals surface area contributed by atoms with Crippen LogP contribution in [0.5, 0.6) is 0 Å². The first kappa shape index (κ1) is 76.1. The van der Waals surface area contributed by atoms with Gasteiger partial charge in [0.05, 0.1) is 61.1 Å². The van der Waals surface area contributed by atoms with Crippen LogP contribution in [-0.4, -0.2) is 133 Å². The maximum absolute atomic E-state index is 12.6. The summed E-state index contributed by atoms with van der Waals surface area (Å²) in [7, 11) is -11.1. The lowest BCUT2D eigenvalue weighted by Crippen LogP contribution is -2.40. The first-order valence-corrected chi connectivity index (χ1v) is 40.8. The Morgan fingerprint density at radius 3 is 1.49 bits per heavy atom. The number of aliphatic hydroxyl groups excluding tert-OH is 2. The van der Waals surface area contributed by atoms with Crippen molar-refractivity contribution in [3.8, 4) is 53.4 Å². The molecule has 13 heterocycles. The Morgan fingerprint density at radius 1 is 0.585 bits per heavy atom. The van der Waals surface area contributed by atoms with Gasteiger partial charge in [0.25, 0.3) is 10.0 Å². The molecule has 0 radical (unpaired) electrons. The van der Waals surface area contributed by atoms with E-state index in [0.717, 1.165) is 86.4 Å². The number of halogens is 3. The van der Waals surface area contributed by atoms with Crippen molar-refractivity contribution in [1.82, 2.24) is 85.4 Å². The first-order valence-electron chi connectivity index (χ1n) is 30.9. The van der Waals surface area contributed by atoms with Crippen LogP contribution in [0, 0.1) is 0 Å². The number of aliphatic hydroxyl groups is 2. The van der Waals surface area contributed by atoms with Gasteiger partial charge in [-0.25, -0.2) is 84.9 Å². The molecule has 106 heavy (non-hydrogen) atoms. The van der Waals surface area contributed by atoms with E-state index in [1.807, 2.05) is 35.7 Å². The molecule has 16 N–H and O–H groups in total. The Morgan fingerprint density at radius 2 is 1.04 bits per heavy atom. The molecule has 1 atom stereocenters. The van der Waals surface area contributed by atoms with Gasteiger partial charge in [0, 0.05) is 78.2 Å². The fourth-order valence-electron chi connectivity index (χ4n) is 9.27. The van der Waals surface area contributed by atoms with E-state index < -0.39 is 47.7 Å². The highest BCUT2D eigenvalue weighted by molar-refractivity contribution is 7.92. The lowest BCUT2D eigenvalue weighted by Gasteiger charge is -2.19. The van der Waals surface area contributed by atoms with Crippen LogP contribution >= 0.6 is 91.5 Å². The zero-order chi connectivity index (χ0) is 75.2. The van der Waals surface area contributed by atoms with E-state index in [1.165, 1.54) is 49.6 Å². The number of nitrogens with one attached hydrogen (secondary N) is 9. The van der Waals surface area contributed by atoms with E-state index >= 15 is 0 Å². The molecule has 0 spiro atoms. The molecule has 44 heteroatoms. The fourth-order valence-corrected chi connectivity index (χ4v) is 17.3. The van der Waals surface area contributed by atoms with Crippen molar-refractivity contribution in [3.63, 3.8) is 0 Å². The van der Waals surface area contributed by atoms with Gasteiger partial charge in [-0.3, -0.25) is 20.4 Å². The normalized spacial score (nSPS) is 13.4. The molecule has 1 unspecified atom stereocenters. The summed E-state index contributed by atoms with van der Waals surface area (Å²) in [5.74, 6) is 5.19. The van der Waals surface area contributed by atoms with Gasteiger partial charge in [-0.2, -0.15) is 20.4 Å². The largest absolute Gasteiger partial charge is 0.516 e. The molecule has 562 valence electrons. The predicted molar refractivity (Wildman–Crippen MR) is 421 cm³/mol. The second-order valence-corrected chi connectivity index (χ2v) is 35.8. The fraction of sp³-hybridized carbons (Fsp3) is 0.177. The minimum Gasteiger partial charge on any atom is -0.516 e. The molecule has 2 aliphatic rings. The smallest absolute Gasteiger partial charge is 0.338 e. The maximum Gasteiger partial charge on any atom is 0.338 e. The molecule has 0 amide bonds. The van der Waals surface area contributed by atoms with Gasteiger partial charge in [0.15, 0.2) is 64.3 Å². The quantitative estimate of drug-likeness (QED) is 0.0280. The summed E-state index contributed by atoms with van der Waals surface area (Å²) in [6.07, 6.45) is 13.0. The average molecular weight is 1660 g/mol. The van der Waals surface area contributed by atoms with Crippen LogP contribution in [0.4, 0.5) is 46.5 Å². The Bertz CT molecular complexity index is 5710. The van der Waals surface area contributed by atoms with Crippen LogP contribution in [0.3, 0.4) is 0 Å². The van der Waals surface area contributed by atoms with E-state index in [1.54, 1.807) is 87.0 Å². The maximum atomic E-state index is 12.6. The molecule has 0 bridgehead atoms. The monoisotopic (exact) mass is 1660 g/mol. The molecule has 2 fully saturated rings. The SMILES string of the molecule is CC(C)(C)NS(=O)(=O)c1ccc(-c2ncc(/C=C/O)c(Nc3cc(C4CC4)[nH]n3)n2)s1.NS(=O)(=O)c1ccc(-c2ncc(Cl)c(Nc3cc(-c4cccs4)[nH]n3)n2)s1.NS(=O)(=O)c1ccc(-c2ncc(Cl)c(Nc3ccn[nH]3)n2)s1.O=C(O)C(O)c1ccc(-c2ncc(Cl)c(Nc3cc(C4CC4)[nH]n3)n2)s1.[HH].[HH].[HH].[HH].[HH].[HH]. The van der Waals surface area contributed by atoms with Crippen LogP contribution in [-0.2, 0) is 34.9 Å². The lowest BCUT2D eigenvalue weighted by atomic mass is 10.1. The van der Waals surface area contributed by atoms with Crippen molar-refractivity contribution < 1.29 is 53.9 Å². The number of aromatic amines is 4. The molecule has 2 aliphatic carbocycles. The Labute approximate surface area is 646 Å². The summed E-state index contributed by atoms with van der Waals surface area (Å²) in [6, 6.07) is 23.8. The number of nitrogens with zero attached hydrogens (tertiary/aromatic N) is 12. The first-order chi connectivity index (χ1) is 50.5. The highest BCUT2D eigenvalue weighted by Crippen LogP contribution is 2.42. The number of hydrogen-bond acceptors (Lipinski definition) is 30. The Hall–Kier alpha value is -9.57. The van der Waals surface area contributed by atoms with Gasteiger partial charge in [0.2, 0.25) is 20.0 Å². The summed E-state index contributed by atoms with van der Waals surface area (Å²) in [5.41, 5.74) is 3.02. The molecule has 0 aromatic carbocycles. The second kappa shape index (κ2) is 32.3. The van der Waals surface area contributed by atoms with Crippen molar-refractivity contribution >= 4 is 180 Å². The molecular formula is C62H70Cl3N23O10S8. The number of carboxylic acids is 1.